The van der Waals surface area contributed by atoms with Gasteiger partial charge in [-0.1, -0.05) is 6.92 Å². The van der Waals surface area contributed by atoms with Crippen molar-refractivity contribution in [3.63, 3.8) is 0 Å². The van der Waals surface area contributed by atoms with E-state index in [1.807, 2.05) is 20.0 Å². The summed E-state index contributed by atoms with van der Waals surface area (Å²) in [6.45, 7) is 6.93. The minimum atomic E-state index is -0.134. The third kappa shape index (κ3) is 4.49. The fraction of sp³-hybridized carbons (Fsp3) is 0.692. The highest BCUT2D eigenvalue weighted by Crippen LogP contribution is 2.06. The molecule has 1 rings (SSSR count). The number of nitrogens with zero attached hydrogens (tertiary/aromatic N) is 2. The summed E-state index contributed by atoms with van der Waals surface area (Å²) in [7, 11) is 0. The van der Waals surface area contributed by atoms with Gasteiger partial charge in [-0.25, -0.2) is 0 Å². The summed E-state index contributed by atoms with van der Waals surface area (Å²) < 4.78 is 1.77. The van der Waals surface area contributed by atoms with Gasteiger partial charge in [0.15, 0.2) is 0 Å². The lowest BCUT2D eigenvalue weighted by Crippen LogP contribution is -2.26. The van der Waals surface area contributed by atoms with Gasteiger partial charge in [0.25, 0.3) is 5.91 Å². The SMILES string of the molecule is CC(C)n1ccc(C(=O)NCC[C@H](C)CCO)n1. The molecule has 0 aliphatic heterocycles. The Bertz CT molecular complexity index is 374. The fourth-order valence-electron chi connectivity index (χ4n) is 1.63. The predicted octanol–water partition coefficient (Wildman–Crippen LogP) is 1.60. The predicted molar refractivity (Wildman–Crippen MR) is 70.4 cm³/mol. The molecule has 0 aliphatic rings. The summed E-state index contributed by atoms with van der Waals surface area (Å²) in [4.78, 5) is 11.8. The molecule has 1 aromatic heterocycles. The average Bonchev–Trinajstić information content (AvgIpc) is 2.78. The molecule has 0 saturated heterocycles. The monoisotopic (exact) mass is 253 g/mol. The van der Waals surface area contributed by atoms with Crippen molar-refractivity contribution in [1.29, 1.82) is 0 Å². The lowest BCUT2D eigenvalue weighted by molar-refractivity contribution is 0.0945. The molecule has 0 aliphatic carbocycles. The first-order chi connectivity index (χ1) is 8.54. The lowest BCUT2D eigenvalue weighted by Gasteiger charge is -2.09. The van der Waals surface area contributed by atoms with E-state index in [9.17, 15) is 4.79 Å². The zero-order chi connectivity index (χ0) is 13.5. The summed E-state index contributed by atoms with van der Waals surface area (Å²) in [6, 6.07) is 1.99. The summed E-state index contributed by atoms with van der Waals surface area (Å²) in [5, 5.41) is 15.8. The number of rotatable bonds is 7. The molecular weight excluding hydrogens is 230 g/mol. The van der Waals surface area contributed by atoms with E-state index in [1.165, 1.54) is 0 Å². The topological polar surface area (TPSA) is 67.2 Å². The number of aromatic nitrogens is 2. The Morgan fingerprint density at radius 3 is 2.72 bits per heavy atom. The highest BCUT2D eigenvalue weighted by Gasteiger charge is 2.10. The van der Waals surface area contributed by atoms with Crippen molar-refractivity contribution in [1.82, 2.24) is 15.1 Å². The van der Waals surface area contributed by atoms with Crippen LogP contribution in [0.15, 0.2) is 12.3 Å². The van der Waals surface area contributed by atoms with Gasteiger partial charge in [0.05, 0.1) is 0 Å². The second kappa shape index (κ2) is 7.16. The number of carbonyl (C=O) groups is 1. The minimum Gasteiger partial charge on any atom is -0.396 e. The maximum atomic E-state index is 11.8. The van der Waals surface area contributed by atoms with Gasteiger partial charge >= 0.3 is 0 Å². The number of carbonyl (C=O) groups excluding carboxylic acids is 1. The van der Waals surface area contributed by atoms with Crippen LogP contribution in [0.25, 0.3) is 0 Å². The molecule has 1 atom stereocenters. The van der Waals surface area contributed by atoms with E-state index in [0.29, 0.717) is 18.2 Å². The quantitative estimate of drug-likeness (QED) is 0.775. The van der Waals surface area contributed by atoms with Gasteiger partial charge in [0, 0.05) is 25.4 Å². The number of nitrogens with one attached hydrogen (secondary N) is 1. The molecule has 0 spiro atoms. The molecule has 0 fully saturated rings. The van der Waals surface area contributed by atoms with E-state index >= 15 is 0 Å². The normalized spacial score (nSPS) is 12.7. The Morgan fingerprint density at radius 2 is 2.17 bits per heavy atom. The molecule has 5 nitrogen and oxygen atoms in total. The number of hydrogen-bond acceptors (Lipinski definition) is 3. The Hall–Kier alpha value is -1.36. The highest BCUT2D eigenvalue weighted by molar-refractivity contribution is 5.92. The molecule has 5 heteroatoms. The number of amides is 1. The van der Waals surface area contributed by atoms with Gasteiger partial charge in [-0.05, 0) is 38.7 Å². The third-order valence-corrected chi connectivity index (χ3v) is 2.91. The average molecular weight is 253 g/mol. The van der Waals surface area contributed by atoms with Crippen LogP contribution >= 0.6 is 0 Å². The van der Waals surface area contributed by atoms with Crippen LogP contribution in [-0.4, -0.2) is 33.9 Å². The van der Waals surface area contributed by atoms with Gasteiger partial charge in [-0.2, -0.15) is 5.10 Å². The van der Waals surface area contributed by atoms with Gasteiger partial charge < -0.3 is 10.4 Å². The second-order valence-corrected chi connectivity index (χ2v) is 4.94. The van der Waals surface area contributed by atoms with E-state index in [0.717, 1.165) is 12.8 Å². The molecule has 0 saturated carbocycles. The van der Waals surface area contributed by atoms with Crippen molar-refractivity contribution >= 4 is 5.91 Å². The molecule has 1 aromatic rings. The van der Waals surface area contributed by atoms with Gasteiger partial charge in [-0.3, -0.25) is 9.48 Å². The molecule has 1 amide bonds. The van der Waals surface area contributed by atoms with Crippen LogP contribution < -0.4 is 5.32 Å². The standard InChI is InChI=1S/C13H23N3O2/c1-10(2)16-8-5-12(15-16)13(18)14-7-4-11(3)6-9-17/h5,8,10-11,17H,4,6-7,9H2,1-3H3,(H,14,18)/t11-/m0/s1. The van der Waals surface area contributed by atoms with Gasteiger partial charge in [0.1, 0.15) is 5.69 Å². The van der Waals surface area contributed by atoms with Crippen molar-refractivity contribution < 1.29 is 9.90 Å². The number of aliphatic hydroxyl groups excluding tert-OH is 1. The molecule has 0 unspecified atom stereocenters. The van der Waals surface area contributed by atoms with E-state index < -0.39 is 0 Å². The van der Waals surface area contributed by atoms with Crippen LogP contribution in [0, 0.1) is 5.92 Å². The molecule has 0 aromatic carbocycles. The second-order valence-electron chi connectivity index (χ2n) is 4.94. The Kier molecular flexibility index (Phi) is 5.85. The molecule has 102 valence electrons. The summed E-state index contributed by atoms with van der Waals surface area (Å²) in [6.07, 6.45) is 3.46. The van der Waals surface area contributed by atoms with Crippen LogP contribution in [0.5, 0.6) is 0 Å². The van der Waals surface area contributed by atoms with Crippen LogP contribution in [0.4, 0.5) is 0 Å². The van der Waals surface area contributed by atoms with E-state index in [-0.39, 0.29) is 18.6 Å². The van der Waals surface area contributed by atoms with E-state index in [2.05, 4.69) is 17.3 Å². The van der Waals surface area contributed by atoms with Crippen LogP contribution in [0.3, 0.4) is 0 Å². The van der Waals surface area contributed by atoms with Crippen molar-refractivity contribution in [2.75, 3.05) is 13.2 Å². The zero-order valence-electron chi connectivity index (χ0n) is 11.4. The zero-order valence-corrected chi connectivity index (χ0v) is 11.4. The first-order valence-corrected chi connectivity index (χ1v) is 6.48. The summed E-state index contributed by atoms with van der Waals surface area (Å²) in [5.41, 5.74) is 0.457. The van der Waals surface area contributed by atoms with Crippen LogP contribution in [0.1, 0.15) is 50.1 Å². The van der Waals surface area contributed by atoms with E-state index in [4.69, 9.17) is 5.11 Å². The van der Waals surface area contributed by atoms with Gasteiger partial charge in [-0.15, -0.1) is 0 Å². The minimum absolute atomic E-state index is 0.134. The summed E-state index contributed by atoms with van der Waals surface area (Å²) in [5.74, 6) is 0.286. The summed E-state index contributed by atoms with van der Waals surface area (Å²) >= 11 is 0. The first kappa shape index (κ1) is 14.7. The maximum Gasteiger partial charge on any atom is 0.271 e. The molecular formula is C13H23N3O2. The molecule has 18 heavy (non-hydrogen) atoms. The Balaban J connectivity index is 2.36. The van der Waals surface area contributed by atoms with Crippen LogP contribution in [0.2, 0.25) is 0 Å². The van der Waals surface area contributed by atoms with E-state index in [1.54, 1.807) is 10.7 Å². The molecule has 2 N–H and O–H groups in total. The molecule has 1 heterocycles. The highest BCUT2D eigenvalue weighted by atomic mass is 16.3. The molecule has 0 radical (unpaired) electrons. The van der Waals surface area contributed by atoms with Crippen molar-refractivity contribution in [2.24, 2.45) is 5.92 Å². The number of hydrogen-bond donors (Lipinski definition) is 2. The van der Waals surface area contributed by atoms with Crippen LogP contribution in [-0.2, 0) is 0 Å². The van der Waals surface area contributed by atoms with Gasteiger partial charge in [0.2, 0.25) is 0 Å². The lowest BCUT2D eigenvalue weighted by atomic mass is 10.1. The largest absolute Gasteiger partial charge is 0.396 e. The van der Waals surface area contributed by atoms with Crippen molar-refractivity contribution in [3.8, 4) is 0 Å². The molecule has 0 bridgehead atoms. The number of aliphatic hydroxyl groups is 1. The Morgan fingerprint density at radius 1 is 1.44 bits per heavy atom. The Labute approximate surface area is 108 Å². The first-order valence-electron chi connectivity index (χ1n) is 6.48. The third-order valence-electron chi connectivity index (χ3n) is 2.91. The maximum absolute atomic E-state index is 11.8. The smallest absolute Gasteiger partial charge is 0.271 e. The van der Waals surface area contributed by atoms with Crippen molar-refractivity contribution in [2.45, 2.75) is 39.7 Å². The fourth-order valence-corrected chi connectivity index (χ4v) is 1.63. The van der Waals surface area contributed by atoms with Crippen molar-refractivity contribution in [3.05, 3.63) is 18.0 Å².